The molecule has 1 aliphatic heterocycles. The maximum Gasteiger partial charge on any atom is 0.135 e. The molecule has 0 saturated heterocycles. The van der Waals surface area contributed by atoms with Gasteiger partial charge in [0.1, 0.15) is 17.1 Å². The lowest BCUT2D eigenvalue weighted by Crippen LogP contribution is -2.27. The van der Waals surface area contributed by atoms with Gasteiger partial charge in [-0.05, 0) is 62.1 Å². The van der Waals surface area contributed by atoms with Crippen LogP contribution in [0.2, 0.25) is 0 Å². The molecule has 1 unspecified atom stereocenters. The maximum absolute atomic E-state index is 10.3. The Morgan fingerprint density at radius 1 is 1.14 bits per heavy atom. The van der Waals surface area contributed by atoms with Crippen molar-refractivity contribution < 1.29 is 9.84 Å². The molecule has 0 radical (unpaired) electrons. The lowest BCUT2D eigenvalue weighted by Gasteiger charge is -2.25. The Kier molecular flexibility index (Phi) is 3.32. The monoisotopic (exact) mass is 297 g/mol. The van der Waals surface area contributed by atoms with E-state index in [1.165, 1.54) is 0 Å². The summed E-state index contributed by atoms with van der Waals surface area (Å²) in [5.74, 6) is 1.33. The van der Waals surface area contributed by atoms with Crippen molar-refractivity contribution in [3.05, 3.63) is 52.1 Å². The van der Waals surface area contributed by atoms with Gasteiger partial charge in [-0.25, -0.2) is 0 Å². The van der Waals surface area contributed by atoms with Crippen molar-refractivity contribution in [2.75, 3.05) is 12.4 Å². The van der Waals surface area contributed by atoms with Crippen LogP contribution in [0.25, 0.3) is 0 Å². The molecule has 2 N–H and O–H groups in total. The molecule has 116 valence electrons. The summed E-state index contributed by atoms with van der Waals surface area (Å²) in [6.45, 7) is 8.05. The van der Waals surface area contributed by atoms with E-state index in [4.69, 9.17) is 4.74 Å². The molecule has 1 heterocycles. The van der Waals surface area contributed by atoms with Crippen molar-refractivity contribution in [1.29, 1.82) is 0 Å². The molecule has 0 bridgehead atoms. The molecule has 22 heavy (non-hydrogen) atoms. The fourth-order valence-electron chi connectivity index (χ4n) is 3.28. The summed E-state index contributed by atoms with van der Waals surface area (Å²) in [5, 5.41) is 13.5. The molecule has 3 rings (SSSR count). The second kappa shape index (κ2) is 4.94. The molecule has 0 spiro atoms. The Hall–Kier alpha value is -2.16. The summed E-state index contributed by atoms with van der Waals surface area (Å²) >= 11 is 0. The highest BCUT2D eigenvalue weighted by Crippen LogP contribution is 2.48. The molecule has 1 aliphatic rings. The minimum absolute atomic E-state index is 0.396. The highest BCUT2D eigenvalue weighted by Gasteiger charge is 2.39. The number of aromatic hydroxyl groups is 1. The normalized spacial score (nSPS) is 19.7. The van der Waals surface area contributed by atoms with Gasteiger partial charge in [0, 0.05) is 24.7 Å². The zero-order valence-electron chi connectivity index (χ0n) is 13.9. The second-order valence-corrected chi connectivity index (χ2v) is 6.37. The van der Waals surface area contributed by atoms with E-state index >= 15 is 0 Å². The Labute approximate surface area is 131 Å². The summed E-state index contributed by atoms with van der Waals surface area (Å²) < 4.78 is 6.39. The van der Waals surface area contributed by atoms with Crippen LogP contribution in [0.5, 0.6) is 11.5 Å². The maximum atomic E-state index is 10.3. The van der Waals surface area contributed by atoms with Crippen LogP contribution in [0, 0.1) is 20.8 Å². The van der Waals surface area contributed by atoms with Crippen LogP contribution in [0.3, 0.4) is 0 Å². The second-order valence-electron chi connectivity index (χ2n) is 6.37. The number of anilines is 1. The van der Waals surface area contributed by atoms with Gasteiger partial charge in [0.2, 0.25) is 0 Å². The quantitative estimate of drug-likeness (QED) is 0.872. The number of hydrogen-bond acceptors (Lipinski definition) is 3. The van der Waals surface area contributed by atoms with Crippen LogP contribution in [-0.4, -0.2) is 12.2 Å². The first kappa shape index (κ1) is 14.8. The fraction of sp³-hybridized carbons (Fsp3) is 0.368. The number of ether oxygens (including phenoxy) is 1. The SMILES string of the molecule is CNc1cccc(C2(C)Cc3c(C)c(O)c(C)c(C)c3O2)c1. The van der Waals surface area contributed by atoms with Crippen molar-refractivity contribution in [3.8, 4) is 11.5 Å². The van der Waals surface area contributed by atoms with Gasteiger partial charge in [-0.2, -0.15) is 0 Å². The van der Waals surface area contributed by atoms with Crippen LogP contribution in [-0.2, 0) is 12.0 Å². The lowest BCUT2D eigenvalue weighted by atomic mass is 9.88. The first-order valence-corrected chi connectivity index (χ1v) is 7.66. The predicted molar refractivity (Wildman–Crippen MR) is 90.0 cm³/mol. The standard InChI is InChI=1S/C19H23NO2/c1-11-12(2)18-16(13(3)17(11)21)10-19(4,22-18)14-7-6-8-15(9-14)20-5/h6-9,20-21H,10H2,1-5H3. The van der Waals surface area contributed by atoms with E-state index in [1.807, 2.05) is 40.0 Å². The summed E-state index contributed by atoms with van der Waals surface area (Å²) in [6.07, 6.45) is 0.774. The average molecular weight is 297 g/mol. The zero-order chi connectivity index (χ0) is 16.1. The van der Waals surface area contributed by atoms with Gasteiger partial charge in [0.05, 0.1) is 0 Å². The molecule has 3 nitrogen and oxygen atoms in total. The molecular weight excluding hydrogens is 274 g/mol. The van der Waals surface area contributed by atoms with Crippen LogP contribution >= 0.6 is 0 Å². The summed E-state index contributed by atoms with van der Waals surface area (Å²) in [4.78, 5) is 0. The van der Waals surface area contributed by atoms with E-state index in [9.17, 15) is 5.11 Å². The number of phenolic OH excluding ortho intramolecular Hbond substituents is 1. The Morgan fingerprint density at radius 2 is 1.86 bits per heavy atom. The lowest BCUT2D eigenvalue weighted by molar-refractivity contribution is 0.115. The zero-order valence-corrected chi connectivity index (χ0v) is 13.9. The Balaban J connectivity index is 2.10. The third kappa shape index (κ3) is 2.04. The third-order valence-electron chi connectivity index (χ3n) is 4.94. The summed E-state index contributed by atoms with van der Waals surface area (Å²) in [6, 6.07) is 8.32. The molecule has 3 heteroatoms. The fourth-order valence-corrected chi connectivity index (χ4v) is 3.28. The Bertz CT molecular complexity index is 713. The van der Waals surface area contributed by atoms with Gasteiger partial charge in [0.15, 0.2) is 0 Å². The van der Waals surface area contributed by atoms with Gasteiger partial charge < -0.3 is 15.2 Å². The molecular formula is C19H23NO2. The molecule has 2 aromatic carbocycles. The van der Waals surface area contributed by atoms with Crippen LogP contribution < -0.4 is 10.1 Å². The van der Waals surface area contributed by atoms with E-state index < -0.39 is 5.60 Å². The molecule has 0 amide bonds. The predicted octanol–water partition coefficient (Wildman–Crippen LogP) is 4.21. The van der Waals surface area contributed by atoms with Gasteiger partial charge >= 0.3 is 0 Å². The first-order chi connectivity index (χ1) is 10.4. The largest absolute Gasteiger partial charge is 0.507 e. The van der Waals surface area contributed by atoms with Crippen molar-refractivity contribution in [1.82, 2.24) is 0 Å². The molecule has 1 atom stereocenters. The number of phenols is 1. The highest BCUT2D eigenvalue weighted by molar-refractivity contribution is 5.60. The average Bonchev–Trinajstić information content (AvgIpc) is 2.90. The van der Waals surface area contributed by atoms with Crippen molar-refractivity contribution >= 4 is 5.69 Å². The van der Waals surface area contributed by atoms with Crippen molar-refractivity contribution in [3.63, 3.8) is 0 Å². The highest BCUT2D eigenvalue weighted by atomic mass is 16.5. The first-order valence-electron chi connectivity index (χ1n) is 7.66. The molecule has 0 aliphatic carbocycles. The van der Waals surface area contributed by atoms with Crippen LogP contribution in [0.15, 0.2) is 24.3 Å². The molecule has 0 fully saturated rings. The third-order valence-corrected chi connectivity index (χ3v) is 4.94. The number of nitrogens with one attached hydrogen (secondary N) is 1. The van der Waals surface area contributed by atoms with Gasteiger partial charge in [-0.15, -0.1) is 0 Å². The Morgan fingerprint density at radius 3 is 2.55 bits per heavy atom. The van der Waals surface area contributed by atoms with Gasteiger partial charge in [0.25, 0.3) is 0 Å². The van der Waals surface area contributed by atoms with Crippen LogP contribution in [0.1, 0.15) is 34.7 Å². The molecule has 0 saturated carbocycles. The van der Waals surface area contributed by atoms with E-state index in [0.717, 1.165) is 45.7 Å². The summed E-state index contributed by atoms with van der Waals surface area (Å²) in [7, 11) is 1.92. The van der Waals surface area contributed by atoms with E-state index in [1.54, 1.807) is 0 Å². The van der Waals surface area contributed by atoms with E-state index in [-0.39, 0.29) is 0 Å². The minimum atomic E-state index is -0.398. The minimum Gasteiger partial charge on any atom is -0.507 e. The smallest absolute Gasteiger partial charge is 0.135 e. The van der Waals surface area contributed by atoms with Gasteiger partial charge in [-0.3, -0.25) is 0 Å². The van der Waals surface area contributed by atoms with E-state index in [2.05, 4.69) is 24.4 Å². The summed E-state index contributed by atoms with van der Waals surface area (Å²) in [5.41, 5.74) is 5.82. The van der Waals surface area contributed by atoms with Crippen molar-refractivity contribution in [2.24, 2.45) is 0 Å². The van der Waals surface area contributed by atoms with Crippen molar-refractivity contribution in [2.45, 2.75) is 39.7 Å². The number of benzene rings is 2. The number of hydrogen-bond donors (Lipinski definition) is 2. The van der Waals surface area contributed by atoms with Crippen LogP contribution in [0.4, 0.5) is 5.69 Å². The van der Waals surface area contributed by atoms with Gasteiger partial charge in [-0.1, -0.05) is 12.1 Å². The topological polar surface area (TPSA) is 41.5 Å². The number of rotatable bonds is 2. The van der Waals surface area contributed by atoms with E-state index in [0.29, 0.717) is 5.75 Å². The number of fused-ring (bicyclic) bond motifs is 1. The molecule has 2 aromatic rings. The molecule has 0 aromatic heterocycles.